The Bertz CT molecular complexity index is 720. The normalized spacial score (nSPS) is 13.3. The number of benzene rings is 1. The van der Waals surface area contributed by atoms with E-state index in [4.69, 9.17) is 9.63 Å². The van der Waals surface area contributed by atoms with Crippen molar-refractivity contribution in [3.8, 4) is 0 Å². The number of carboxylic acid groups (broad SMARTS) is 1. The lowest BCUT2D eigenvalue weighted by Crippen LogP contribution is -2.33. The van der Waals surface area contributed by atoms with Gasteiger partial charge in [-0.05, 0) is 38.5 Å². The summed E-state index contributed by atoms with van der Waals surface area (Å²) in [4.78, 5) is 23.6. The zero-order valence-corrected chi connectivity index (χ0v) is 13.7. The summed E-state index contributed by atoms with van der Waals surface area (Å²) < 4.78 is 18.1. The van der Waals surface area contributed by atoms with Crippen LogP contribution in [0.15, 0.2) is 28.8 Å². The maximum Gasteiger partial charge on any atom is 0.305 e. The number of nitrogens with zero attached hydrogens (tertiary/aromatic N) is 1. The van der Waals surface area contributed by atoms with E-state index in [0.29, 0.717) is 22.6 Å². The minimum atomic E-state index is -1.06. The highest BCUT2D eigenvalue weighted by Crippen LogP contribution is 2.25. The molecule has 0 saturated carbocycles. The molecular weight excluding hydrogens is 315 g/mol. The third-order valence-electron chi connectivity index (χ3n) is 3.88. The van der Waals surface area contributed by atoms with Crippen LogP contribution in [0.4, 0.5) is 4.39 Å². The fourth-order valence-electron chi connectivity index (χ4n) is 2.66. The quantitative estimate of drug-likeness (QED) is 0.847. The average Bonchev–Trinajstić information content (AvgIpc) is 2.85. The Morgan fingerprint density at radius 1 is 1.29 bits per heavy atom. The molecule has 2 aromatic rings. The summed E-state index contributed by atoms with van der Waals surface area (Å²) in [6, 6.07) is 4.63. The molecule has 1 heterocycles. The summed E-state index contributed by atoms with van der Waals surface area (Å²) in [6.45, 7) is 5.16. The Morgan fingerprint density at radius 3 is 2.42 bits per heavy atom. The van der Waals surface area contributed by atoms with Gasteiger partial charge < -0.3 is 14.9 Å². The molecule has 0 aliphatic rings. The molecular formula is C17H19FN2O4. The van der Waals surface area contributed by atoms with Crippen molar-refractivity contribution in [1.82, 2.24) is 10.5 Å². The van der Waals surface area contributed by atoms with Crippen molar-refractivity contribution in [2.24, 2.45) is 0 Å². The largest absolute Gasteiger partial charge is 0.481 e. The van der Waals surface area contributed by atoms with Crippen LogP contribution in [0.3, 0.4) is 0 Å². The fourth-order valence-corrected chi connectivity index (χ4v) is 2.66. The summed E-state index contributed by atoms with van der Waals surface area (Å²) in [5.74, 6) is -1.84. The second-order valence-electron chi connectivity index (χ2n) is 5.67. The number of carbonyl (C=O) groups excluding carboxylic acids is 1. The Labute approximate surface area is 138 Å². The lowest BCUT2D eigenvalue weighted by Gasteiger charge is -2.20. The second kappa shape index (κ2) is 7.25. The zero-order chi connectivity index (χ0) is 17.9. The van der Waals surface area contributed by atoms with Gasteiger partial charge in [0.25, 0.3) is 0 Å². The number of carbonyl (C=O) groups is 2. The van der Waals surface area contributed by atoms with Crippen molar-refractivity contribution in [1.29, 1.82) is 0 Å². The molecule has 0 spiro atoms. The molecule has 128 valence electrons. The maximum atomic E-state index is 13.1. The Balaban J connectivity index is 2.21. The van der Waals surface area contributed by atoms with E-state index in [1.807, 2.05) is 0 Å². The highest BCUT2D eigenvalue weighted by Gasteiger charge is 2.26. The Hall–Kier alpha value is -2.70. The minimum absolute atomic E-state index is 0.300. The van der Waals surface area contributed by atoms with Crippen LogP contribution in [-0.4, -0.2) is 22.1 Å². The molecule has 2 N–H and O–H groups in total. The van der Waals surface area contributed by atoms with Crippen LogP contribution in [-0.2, 0) is 9.59 Å². The molecule has 7 heteroatoms. The first-order chi connectivity index (χ1) is 11.3. The van der Waals surface area contributed by atoms with Gasteiger partial charge in [0, 0.05) is 5.56 Å². The van der Waals surface area contributed by atoms with E-state index in [-0.39, 0.29) is 12.3 Å². The van der Waals surface area contributed by atoms with Crippen molar-refractivity contribution >= 4 is 11.9 Å². The monoisotopic (exact) mass is 334 g/mol. The molecule has 0 unspecified atom stereocenters. The topological polar surface area (TPSA) is 92.4 Å². The molecule has 2 atom stereocenters. The molecule has 1 aromatic carbocycles. The molecule has 0 bridgehead atoms. The van der Waals surface area contributed by atoms with Gasteiger partial charge in [0.1, 0.15) is 11.6 Å². The lowest BCUT2D eigenvalue weighted by molar-refractivity contribution is -0.137. The summed E-state index contributed by atoms with van der Waals surface area (Å²) in [6.07, 6.45) is -0.300. The Morgan fingerprint density at radius 2 is 1.92 bits per heavy atom. The van der Waals surface area contributed by atoms with Gasteiger partial charge in [0.05, 0.1) is 24.1 Å². The third-order valence-corrected chi connectivity index (χ3v) is 3.88. The van der Waals surface area contributed by atoms with Gasteiger partial charge in [-0.15, -0.1) is 0 Å². The second-order valence-corrected chi connectivity index (χ2v) is 5.67. The highest BCUT2D eigenvalue weighted by atomic mass is 19.1. The number of amides is 1. The van der Waals surface area contributed by atoms with Crippen molar-refractivity contribution in [3.63, 3.8) is 0 Å². The van der Waals surface area contributed by atoms with Crippen LogP contribution in [0.25, 0.3) is 0 Å². The van der Waals surface area contributed by atoms with Gasteiger partial charge in [-0.2, -0.15) is 0 Å². The van der Waals surface area contributed by atoms with Gasteiger partial charge in [-0.1, -0.05) is 17.3 Å². The molecule has 2 rings (SSSR count). The number of rotatable bonds is 6. The average molecular weight is 334 g/mol. The molecule has 1 amide bonds. The van der Waals surface area contributed by atoms with Gasteiger partial charge in [-0.3, -0.25) is 9.59 Å². The third kappa shape index (κ3) is 3.98. The van der Waals surface area contributed by atoms with Crippen LogP contribution in [0, 0.1) is 19.7 Å². The molecule has 0 radical (unpaired) electrons. The van der Waals surface area contributed by atoms with Crippen LogP contribution >= 0.6 is 0 Å². The number of hydrogen-bond donors (Lipinski definition) is 2. The number of aryl methyl sites for hydroxylation is 2. The number of nitrogens with one attached hydrogen (secondary N) is 1. The fraction of sp³-hybridized carbons (Fsp3) is 0.353. The molecule has 24 heavy (non-hydrogen) atoms. The molecule has 0 aliphatic carbocycles. The SMILES string of the molecule is Cc1noc(C)c1[C@H](C)C(=O)N[C@H](CC(=O)O)c1ccc(F)cc1. The van der Waals surface area contributed by atoms with E-state index >= 15 is 0 Å². The summed E-state index contributed by atoms with van der Waals surface area (Å²) in [7, 11) is 0. The van der Waals surface area contributed by atoms with Crippen LogP contribution in [0.1, 0.15) is 47.9 Å². The minimum Gasteiger partial charge on any atom is -0.481 e. The summed E-state index contributed by atoms with van der Waals surface area (Å²) in [5.41, 5.74) is 1.82. The van der Waals surface area contributed by atoms with E-state index in [2.05, 4.69) is 10.5 Å². The van der Waals surface area contributed by atoms with Gasteiger partial charge in [0.15, 0.2) is 0 Å². The highest BCUT2D eigenvalue weighted by molar-refractivity contribution is 5.84. The van der Waals surface area contributed by atoms with Crippen molar-refractivity contribution in [3.05, 3.63) is 52.7 Å². The molecule has 0 fully saturated rings. The number of hydrogen-bond acceptors (Lipinski definition) is 4. The first kappa shape index (κ1) is 17.7. The standard InChI is InChI=1S/C17H19FN2O4/c1-9(16-10(2)20-24-11(16)3)17(23)19-14(8-15(21)22)12-4-6-13(18)7-5-12/h4-7,9,14H,8H2,1-3H3,(H,19,23)(H,21,22)/t9-,14+/m0/s1. The first-order valence-electron chi connectivity index (χ1n) is 7.50. The Kier molecular flexibility index (Phi) is 5.33. The van der Waals surface area contributed by atoms with Gasteiger partial charge >= 0.3 is 5.97 Å². The molecule has 6 nitrogen and oxygen atoms in total. The van der Waals surface area contributed by atoms with Crippen molar-refractivity contribution in [2.45, 2.75) is 39.2 Å². The lowest BCUT2D eigenvalue weighted by atomic mass is 9.97. The van der Waals surface area contributed by atoms with Gasteiger partial charge in [0.2, 0.25) is 5.91 Å². The maximum absolute atomic E-state index is 13.1. The first-order valence-corrected chi connectivity index (χ1v) is 7.50. The van der Waals surface area contributed by atoms with Crippen LogP contribution < -0.4 is 5.32 Å². The van der Waals surface area contributed by atoms with Crippen molar-refractivity contribution < 1.29 is 23.6 Å². The van der Waals surface area contributed by atoms with E-state index in [1.54, 1.807) is 20.8 Å². The van der Waals surface area contributed by atoms with E-state index < -0.39 is 23.7 Å². The predicted octanol–water partition coefficient (Wildman–Crippen LogP) is 2.87. The summed E-state index contributed by atoms with van der Waals surface area (Å²) >= 11 is 0. The number of carboxylic acids is 1. The predicted molar refractivity (Wildman–Crippen MR) is 83.9 cm³/mol. The van der Waals surface area contributed by atoms with Crippen LogP contribution in [0.2, 0.25) is 0 Å². The number of aliphatic carboxylic acids is 1. The van der Waals surface area contributed by atoms with E-state index in [0.717, 1.165) is 0 Å². The van der Waals surface area contributed by atoms with Crippen molar-refractivity contribution in [2.75, 3.05) is 0 Å². The number of aromatic nitrogens is 1. The summed E-state index contributed by atoms with van der Waals surface area (Å²) in [5, 5.41) is 15.6. The molecule has 1 aromatic heterocycles. The van der Waals surface area contributed by atoms with Gasteiger partial charge in [-0.25, -0.2) is 4.39 Å². The smallest absolute Gasteiger partial charge is 0.305 e. The zero-order valence-electron chi connectivity index (χ0n) is 13.7. The van der Waals surface area contributed by atoms with E-state index in [9.17, 15) is 14.0 Å². The molecule has 0 aliphatic heterocycles. The number of halogens is 1. The molecule has 0 saturated heterocycles. The van der Waals surface area contributed by atoms with Crippen LogP contribution in [0.5, 0.6) is 0 Å². The van der Waals surface area contributed by atoms with E-state index in [1.165, 1.54) is 24.3 Å².